The number of carbonyl (C=O) groups is 1. The monoisotopic (exact) mass is 282 g/mol. The Morgan fingerprint density at radius 2 is 2.00 bits per heavy atom. The smallest absolute Gasteiger partial charge is 0.228 e. The Balaban J connectivity index is 0.00000133. The number of amides is 1. The van der Waals surface area contributed by atoms with E-state index in [0.29, 0.717) is 11.5 Å². The van der Waals surface area contributed by atoms with Gasteiger partial charge in [0.05, 0.1) is 18.1 Å². The maximum absolute atomic E-state index is 12.1. The van der Waals surface area contributed by atoms with Crippen molar-refractivity contribution in [3.05, 3.63) is 18.2 Å². The molecule has 2 fully saturated rings. The van der Waals surface area contributed by atoms with Crippen molar-refractivity contribution in [1.82, 2.24) is 15.3 Å². The molecule has 0 bridgehead atoms. The average molecular weight is 283 g/mol. The summed E-state index contributed by atoms with van der Waals surface area (Å²) in [6.07, 6.45) is 6.60. The van der Waals surface area contributed by atoms with E-state index >= 15 is 0 Å². The number of anilines is 1. The first-order valence-electron chi connectivity index (χ1n) is 6.50. The second-order valence-electron chi connectivity index (χ2n) is 5.38. The van der Waals surface area contributed by atoms with Crippen molar-refractivity contribution in [2.45, 2.75) is 26.2 Å². The zero-order chi connectivity index (χ0) is 12.6. The summed E-state index contributed by atoms with van der Waals surface area (Å²) in [6.45, 7) is 3.91. The van der Waals surface area contributed by atoms with Crippen molar-refractivity contribution in [1.29, 1.82) is 0 Å². The number of aromatic nitrogens is 2. The van der Waals surface area contributed by atoms with Crippen molar-refractivity contribution < 1.29 is 4.79 Å². The van der Waals surface area contributed by atoms with Crippen molar-refractivity contribution in [2.24, 2.45) is 11.3 Å². The predicted octanol–water partition coefficient (Wildman–Crippen LogP) is 1.54. The summed E-state index contributed by atoms with van der Waals surface area (Å²) in [5.74, 6) is 1.03. The molecule has 1 amide bonds. The number of hydrogen-bond donors (Lipinski definition) is 2. The number of aryl methyl sites for hydroxylation is 1. The van der Waals surface area contributed by atoms with Gasteiger partial charge in [0.2, 0.25) is 5.91 Å². The summed E-state index contributed by atoms with van der Waals surface area (Å²) in [5.41, 5.74) is 0.975. The number of carbonyl (C=O) groups excluding carboxylic acids is 1. The van der Waals surface area contributed by atoms with E-state index in [-0.39, 0.29) is 29.6 Å². The molecule has 1 unspecified atom stereocenters. The first-order valence-corrected chi connectivity index (χ1v) is 6.50. The topological polar surface area (TPSA) is 66.9 Å². The lowest BCUT2D eigenvalue weighted by Gasteiger charge is -2.23. The molecule has 1 aliphatic carbocycles. The van der Waals surface area contributed by atoms with Crippen LogP contribution < -0.4 is 10.6 Å². The van der Waals surface area contributed by atoms with Gasteiger partial charge < -0.3 is 10.6 Å². The van der Waals surface area contributed by atoms with Crippen LogP contribution >= 0.6 is 12.4 Å². The molecule has 1 saturated heterocycles. The molecule has 1 atom stereocenters. The van der Waals surface area contributed by atoms with E-state index in [1.807, 2.05) is 6.92 Å². The van der Waals surface area contributed by atoms with Gasteiger partial charge >= 0.3 is 0 Å². The van der Waals surface area contributed by atoms with Crippen LogP contribution in [0.25, 0.3) is 0 Å². The molecule has 3 rings (SSSR count). The third-order valence-corrected chi connectivity index (χ3v) is 4.15. The van der Waals surface area contributed by atoms with Crippen LogP contribution in [0.4, 0.5) is 5.69 Å². The summed E-state index contributed by atoms with van der Waals surface area (Å²) < 4.78 is 0. The minimum atomic E-state index is 0. The fourth-order valence-corrected chi connectivity index (χ4v) is 2.88. The maximum Gasteiger partial charge on any atom is 0.228 e. The molecule has 0 aromatic carbocycles. The summed E-state index contributed by atoms with van der Waals surface area (Å²) in [5, 5.41) is 6.26. The standard InChI is InChI=1S/C13H18N4O.ClH/c1-9-15-7-10(8-16-9)17-12(18)11-6-13(11)2-4-14-5-3-13;/h7-8,11,14H,2-6H2,1H3,(H,17,18);1H. The van der Waals surface area contributed by atoms with Crippen molar-refractivity contribution in [2.75, 3.05) is 18.4 Å². The molecule has 1 aliphatic heterocycles. The minimum Gasteiger partial charge on any atom is -0.323 e. The quantitative estimate of drug-likeness (QED) is 0.863. The van der Waals surface area contributed by atoms with Crippen molar-refractivity contribution >= 4 is 24.0 Å². The third-order valence-electron chi connectivity index (χ3n) is 4.15. The molecule has 19 heavy (non-hydrogen) atoms. The Kier molecular flexibility index (Phi) is 4.06. The molecule has 1 aromatic rings. The largest absolute Gasteiger partial charge is 0.323 e. The lowest BCUT2D eigenvalue weighted by molar-refractivity contribution is -0.118. The van der Waals surface area contributed by atoms with E-state index in [2.05, 4.69) is 20.6 Å². The Morgan fingerprint density at radius 3 is 2.63 bits per heavy atom. The lowest BCUT2D eigenvalue weighted by atomic mass is 9.92. The third kappa shape index (κ3) is 2.87. The van der Waals surface area contributed by atoms with E-state index in [1.54, 1.807) is 12.4 Å². The normalized spacial score (nSPS) is 23.5. The molecule has 1 saturated carbocycles. The highest BCUT2D eigenvalue weighted by molar-refractivity contribution is 5.94. The molecule has 5 nitrogen and oxygen atoms in total. The van der Waals surface area contributed by atoms with Gasteiger partial charge in [-0.1, -0.05) is 0 Å². The molecule has 1 aromatic heterocycles. The van der Waals surface area contributed by atoms with Gasteiger partial charge in [0.25, 0.3) is 0 Å². The van der Waals surface area contributed by atoms with Crippen LogP contribution in [0.15, 0.2) is 12.4 Å². The number of halogens is 1. The van der Waals surface area contributed by atoms with Crippen LogP contribution in [0.5, 0.6) is 0 Å². The summed E-state index contributed by atoms with van der Waals surface area (Å²) in [7, 11) is 0. The second kappa shape index (κ2) is 5.43. The van der Waals surface area contributed by atoms with Crippen LogP contribution in [0, 0.1) is 18.3 Å². The van der Waals surface area contributed by atoms with E-state index in [1.165, 1.54) is 0 Å². The molecule has 104 valence electrons. The van der Waals surface area contributed by atoms with E-state index in [0.717, 1.165) is 32.4 Å². The molecule has 0 radical (unpaired) electrons. The summed E-state index contributed by atoms with van der Waals surface area (Å²) >= 11 is 0. The van der Waals surface area contributed by atoms with Gasteiger partial charge in [-0.25, -0.2) is 9.97 Å². The number of nitrogens with zero attached hydrogens (tertiary/aromatic N) is 2. The Morgan fingerprint density at radius 1 is 1.37 bits per heavy atom. The SMILES string of the molecule is Cc1ncc(NC(=O)C2CC23CCNCC3)cn1.Cl. The van der Waals surface area contributed by atoms with Gasteiger partial charge in [-0.05, 0) is 44.7 Å². The van der Waals surface area contributed by atoms with Gasteiger partial charge in [-0.15, -0.1) is 12.4 Å². The highest BCUT2D eigenvalue weighted by Gasteiger charge is 2.57. The summed E-state index contributed by atoms with van der Waals surface area (Å²) in [6, 6.07) is 0. The number of nitrogens with one attached hydrogen (secondary N) is 2. The van der Waals surface area contributed by atoms with E-state index in [4.69, 9.17) is 0 Å². The van der Waals surface area contributed by atoms with Gasteiger partial charge in [0.15, 0.2) is 0 Å². The highest BCUT2D eigenvalue weighted by atomic mass is 35.5. The summed E-state index contributed by atoms with van der Waals surface area (Å²) in [4.78, 5) is 20.3. The van der Waals surface area contributed by atoms with Gasteiger partial charge in [0.1, 0.15) is 5.82 Å². The van der Waals surface area contributed by atoms with Crippen LogP contribution in [0.3, 0.4) is 0 Å². The zero-order valence-electron chi connectivity index (χ0n) is 11.0. The van der Waals surface area contributed by atoms with E-state index < -0.39 is 0 Å². The van der Waals surface area contributed by atoms with Crippen LogP contribution in [-0.4, -0.2) is 29.0 Å². The minimum absolute atomic E-state index is 0. The Bertz CT molecular complexity index is 456. The number of piperidine rings is 1. The van der Waals surface area contributed by atoms with Gasteiger partial charge in [0, 0.05) is 5.92 Å². The average Bonchev–Trinajstić information content (AvgIpc) is 3.07. The first kappa shape index (κ1) is 14.2. The van der Waals surface area contributed by atoms with E-state index in [9.17, 15) is 4.79 Å². The van der Waals surface area contributed by atoms with Crippen LogP contribution in [-0.2, 0) is 4.79 Å². The Labute approximate surface area is 119 Å². The fourth-order valence-electron chi connectivity index (χ4n) is 2.88. The zero-order valence-corrected chi connectivity index (χ0v) is 11.8. The second-order valence-corrected chi connectivity index (χ2v) is 5.38. The van der Waals surface area contributed by atoms with Gasteiger partial charge in [-0.3, -0.25) is 4.79 Å². The number of hydrogen-bond acceptors (Lipinski definition) is 4. The molecule has 1 spiro atoms. The first-order chi connectivity index (χ1) is 8.70. The van der Waals surface area contributed by atoms with Crippen molar-refractivity contribution in [3.8, 4) is 0 Å². The molecular weight excluding hydrogens is 264 g/mol. The fraction of sp³-hybridized carbons (Fsp3) is 0.615. The molecule has 6 heteroatoms. The molecule has 2 heterocycles. The van der Waals surface area contributed by atoms with Crippen LogP contribution in [0.1, 0.15) is 25.1 Å². The number of rotatable bonds is 2. The van der Waals surface area contributed by atoms with Gasteiger partial charge in [-0.2, -0.15) is 0 Å². The lowest BCUT2D eigenvalue weighted by Crippen LogP contribution is -2.31. The predicted molar refractivity (Wildman–Crippen MR) is 75.3 cm³/mol. The molecule has 2 N–H and O–H groups in total. The van der Waals surface area contributed by atoms with Crippen LogP contribution in [0.2, 0.25) is 0 Å². The Hall–Kier alpha value is -1.20. The maximum atomic E-state index is 12.1. The molecular formula is C13H19ClN4O. The highest BCUT2D eigenvalue weighted by Crippen LogP contribution is 2.58. The molecule has 2 aliphatic rings. The van der Waals surface area contributed by atoms with Crippen molar-refractivity contribution in [3.63, 3.8) is 0 Å².